The Bertz CT molecular complexity index is 971. The number of benzene rings is 2. The summed E-state index contributed by atoms with van der Waals surface area (Å²) in [4.78, 5) is 6.46. The van der Waals surface area contributed by atoms with Crippen molar-refractivity contribution in [2.24, 2.45) is 10.3 Å². The van der Waals surface area contributed by atoms with Crippen molar-refractivity contribution in [3.63, 3.8) is 0 Å². The van der Waals surface area contributed by atoms with Crippen LogP contribution in [0.25, 0.3) is 32.6 Å². The fourth-order valence-electron chi connectivity index (χ4n) is 2.99. The normalized spacial score (nSPS) is 12.5. The molecule has 6 nitrogen and oxygen atoms in total. The summed E-state index contributed by atoms with van der Waals surface area (Å²) in [6.07, 6.45) is 6.44. The third-order valence-electron chi connectivity index (χ3n) is 3.96. The smallest absolute Gasteiger partial charge is 0.0755 e. The van der Waals surface area contributed by atoms with Crippen LogP contribution < -0.4 is 0 Å². The number of rotatable bonds is 2. The molecule has 4 aromatic rings. The standard InChI is InChI=1S/C16H12N4O2/c21-19-7-9-5-17-15-11(9)1-3-13-14(15)4-2-12-10(8-20-22)6-18-16(12)13/h1-8,17-18,21-22H/b19-7-,20-8-. The van der Waals surface area contributed by atoms with Gasteiger partial charge in [0.25, 0.3) is 0 Å². The van der Waals surface area contributed by atoms with Gasteiger partial charge in [-0.2, -0.15) is 0 Å². The quantitative estimate of drug-likeness (QED) is 0.259. The van der Waals surface area contributed by atoms with Crippen molar-refractivity contribution in [2.45, 2.75) is 0 Å². The molecule has 0 aliphatic rings. The van der Waals surface area contributed by atoms with Crippen LogP contribution in [0.2, 0.25) is 0 Å². The molecule has 2 aromatic heterocycles. The van der Waals surface area contributed by atoms with Gasteiger partial charge in [0.1, 0.15) is 0 Å². The van der Waals surface area contributed by atoms with Gasteiger partial charge >= 0.3 is 0 Å². The Labute approximate surface area is 124 Å². The molecule has 0 saturated heterocycles. The Morgan fingerprint density at radius 1 is 0.682 bits per heavy atom. The summed E-state index contributed by atoms with van der Waals surface area (Å²) in [6, 6.07) is 8.04. The molecule has 0 aliphatic carbocycles. The molecule has 4 N–H and O–H groups in total. The number of H-pyrrole nitrogens is 2. The first-order chi connectivity index (χ1) is 10.8. The van der Waals surface area contributed by atoms with Crippen LogP contribution in [0.1, 0.15) is 11.1 Å². The fraction of sp³-hybridized carbons (Fsp3) is 0. The summed E-state index contributed by atoms with van der Waals surface area (Å²) >= 11 is 0. The van der Waals surface area contributed by atoms with Crippen LogP contribution in [-0.2, 0) is 0 Å². The maximum atomic E-state index is 8.72. The number of hydrogen-bond donors (Lipinski definition) is 4. The maximum Gasteiger partial charge on any atom is 0.0755 e. The molecule has 6 heteroatoms. The third kappa shape index (κ3) is 1.61. The minimum atomic E-state index is 0.832. The minimum absolute atomic E-state index is 0.832. The summed E-state index contributed by atoms with van der Waals surface area (Å²) < 4.78 is 0. The summed E-state index contributed by atoms with van der Waals surface area (Å²) in [5, 5.41) is 27.8. The molecule has 0 amide bonds. The second kappa shape index (κ2) is 4.63. The van der Waals surface area contributed by atoms with Crippen LogP contribution in [0.15, 0.2) is 47.0 Å². The average molecular weight is 292 g/mol. The summed E-state index contributed by atoms with van der Waals surface area (Å²) in [7, 11) is 0. The lowest BCUT2D eigenvalue weighted by Crippen LogP contribution is -1.81. The fourth-order valence-corrected chi connectivity index (χ4v) is 2.99. The Hall–Kier alpha value is -3.28. The molecule has 2 heterocycles. The van der Waals surface area contributed by atoms with Gasteiger partial charge in [-0.05, 0) is 0 Å². The topological polar surface area (TPSA) is 96.8 Å². The van der Waals surface area contributed by atoms with Crippen LogP contribution in [0.3, 0.4) is 0 Å². The van der Waals surface area contributed by atoms with Gasteiger partial charge in [-0.25, -0.2) is 0 Å². The molecule has 0 spiro atoms. The molecule has 2 aromatic carbocycles. The number of aromatic amines is 2. The summed E-state index contributed by atoms with van der Waals surface area (Å²) in [5.74, 6) is 0. The van der Waals surface area contributed by atoms with Crippen molar-refractivity contribution in [1.82, 2.24) is 9.97 Å². The average Bonchev–Trinajstić information content (AvgIpc) is 3.13. The van der Waals surface area contributed by atoms with E-state index in [2.05, 4.69) is 20.3 Å². The number of fused-ring (bicyclic) bond motifs is 5. The van der Waals surface area contributed by atoms with E-state index in [-0.39, 0.29) is 0 Å². The van der Waals surface area contributed by atoms with E-state index in [1.54, 1.807) is 0 Å². The van der Waals surface area contributed by atoms with Gasteiger partial charge in [0.15, 0.2) is 0 Å². The first kappa shape index (κ1) is 12.5. The van der Waals surface area contributed by atoms with Gasteiger partial charge in [-0.15, -0.1) is 0 Å². The van der Waals surface area contributed by atoms with Gasteiger partial charge < -0.3 is 20.4 Å². The number of oxime groups is 2. The molecule has 0 unspecified atom stereocenters. The van der Waals surface area contributed by atoms with Gasteiger partial charge in [0.2, 0.25) is 0 Å². The van der Waals surface area contributed by atoms with Crippen LogP contribution in [-0.4, -0.2) is 32.8 Å². The van der Waals surface area contributed by atoms with Crippen molar-refractivity contribution in [3.8, 4) is 0 Å². The Morgan fingerprint density at radius 2 is 1.09 bits per heavy atom. The number of nitrogens with zero attached hydrogens (tertiary/aromatic N) is 2. The largest absolute Gasteiger partial charge is 0.411 e. The van der Waals surface area contributed by atoms with E-state index in [0.29, 0.717) is 0 Å². The zero-order chi connectivity index (χ0) is 15.1. The van der Waals surface area contributed by atoms with Crippen molar-refractivity contribution in [2.75, 3.05) is 0 Å². The molecule has 0 atom stereocenters. The predicted octanol–water partition coefficient (Wildman–Crippen LogP) is 3.42. The Kier molecular flexibility index (Phi) is 2.62. The highest BCUT2D eigenvalue weighted by molar-refractivity contribution is 6.19. The van der Waals surface area contributed by atoms with Crippen molar-refractivity contribution >= 4 is 45.0 Å². The molecule has 0 radical (unpaired) electrons. The lowest BCUT2D eigenvalue weighted by Gasteiger charge is -2.02. The lowest BCUT2D eigenvalue weighted by molar-refractivity contribution is 0.321. The van der Waals surface area contributed by atoms with E-state index < -0.39 is 0 Å². The van der Waals surface area contributed by atoms with E-state index in [0.717, 1.165) is 43.7 Å². The van der Waals surface area contributed by atoms with Crippen molar-refractivity contribution in [3.05, 3.63) is 47.8 Å². The molecule has 4 rings (SSSR count). The van der Waals surface area contributed by atoms with Crippen LogP contribution in [0.4, 0.5) is 0 Å². The molecule has 22 heavy (non-hydrogen) atoms. The zero-order valence-corrected chi connectivity index (χ0v) is 11.4. The molecule has 0 bridgehead atoms. The first-order valence-electron chi connectivity index (χ1n) is 6.72. The van der Waals surface area contributed by atoms with E-state index in [9.17, 15) is 0 Å². The molecule has 108 valence electrons. The van der Waals surface area contributed by atoms with Crippen molar-refractivity contribution < 1.29 is 10.4 Å². The zero-order valence-electron chi connectivity index (χ0n) is 11.4. The Balaban J connectivity index is 2.09. The van der Waals surface area contributed by atoms with E-state index in [4.69, 9.17) is 10.4 Å². The number of nitrogens with one attached hydrogen (secondary N) is 2. The highest BCUT2D eigenvalue weighted by Gasteiger charge is 2.10. The second-order valence-corrected chi connectivity index (χ2v) is 5.05. The van der Waals surface area contributed by atoms with E-state index >= 15 is 0 Å². The lowest BCUT2D eigenvalue weighted by atomic mass is 10.0. The number of aromatic nitrogens is 2. The SMILES string of the molecule is O/N=C\c1c[nH]c2c1ccc1c2ccc2c(/C=N\O)c[nH]c21. The number of hydrogen-bond acceptors (Lipinski definition) is 4. The highest BCUT2D eigenvalue weighted by Crippen LogP contribution is 2.32. The Morgan fingerprint density at radius 3 is 1.50 bits per heavy atom. The predicted molar refractivity (Wildman–Crippen MR) is 86.4 cm³/mol. The van der Waals surface area contributed by atoms with Gasteiger partial charge in [-0.3, -0.25) is 0 Å². The van der Waals surface area contributed by atoms with Gasteiger partial charge in [-0.1, -0.05) is 34.6 Å². The minimum Gasteiger partial charge on any atom is -0.411 e. The van der Waals surface area contributed by atoms with E-state index in [1.165, 1.54) is 12.4 Å². The molecule has 0 fully saturated rings. The third-order valence-corrected chi connectivity index (χ3v) is 3.96. The van der Waals surface area contributed by atoms with Gasteiger partial charge in [0.05, 0.1) is 23.5 Å². The van der Waals surface area contributed by atoms with Crippen LogP contribution in [0, 0.1) is 0 Å². The molecule has 0 saturated carbocycles. The molecular formula is C16H12N4O2. The molecular weight excluding hydrogens is 280 g/mol. The van der Waals surface area contributed by atoms with Crippen molar-refractivity contribution in [1.29, 1.82) is 0 Å². The monoisotopic (exact) mass is 292 g/mol. The summed E-state index contributed by atoms with van der Waals surface area (Å²) in [6.45, 7) is 0. The first-order valence-corrected chi connectivity index (χ1v) is 6.72. The van der Waals surface area contributed by atoms with E-state index in [1.807, 2.05) is 36.7 Å². The van der Waals surface area contributed by atoms with Crippen LogP contribution >= 0.6 is 0 Å². The molecule has 0 aliphatic heterocycles. The second-order valence-electron chi connectivity index (χ2n) is 5.05. The van der Waals surface area contributed by atoms with Gasteiger partial charge in [0, 0.05) is 45.1 Å². The van der Waals surface area contributed by atoms with Crippen LogP contribution in [0.5, 0.6) is 0 Å². The summed E-state index contributed by atoms with van der Waals surface area (Å²) in [5.41, 5.74) is 3.64. The maximum absolute atomic E-state index is 8.72. The highest BCUT2D eigenvalue weighted by atomic mass is 16.4.